The van der Waals surface area contributed by atoms with Crippen LogP contribution in [0.15, 0.2) is 48.6 Å². The van der Waals surface area contributed by atoms with Crippen LogP contribution in [0.25, 0.3) is 5.76 Å². The number of carbonyl (C=O) groups is 2. The molecule has 166 valence electrons. The number of rotatable bonds is 6. The third-order valence-electron chi connectivity index (χ3n) is 5.82. The van der Waals surface area contributed by atoms with Gasteiger partial charge in [0.2, 0.25) is 0 Å². The number of amides is 1. The second-order valence-corrected chi connectivity index (χ2v) is 7.87. The molecule has 0 saturated carbocycles. The first-order chi connectivity index (χ1) is 15.3. The van der Waals surface area contributed by atoms with Crippen molar-refractivity contribution in [1.82, 2.24) is 24.2 Å². The molecule has 8 nitrogen and oxygen atoms in total. The van der Waals surface area contributed by atoms with Gasteiger partial charge in [0.15, 0.2) is 0 Å². The standard InChI is InChI=1S/C23H24FN5O3/c1-14-18(15(2)27(3)26-14)21(30)19-20(16-6-4-7-17(24)12-16)29(23(32)22(19)31)10-5-9-28-11-8-25-13-28/h4,6-8,11-13,20,30H,5,9-10H2,1-3H3. The molecule has 0 spiro atoms. The fraction of sp³-hybridized carbons (Fsp3) is 0.304. The maximum absolute atomic E-state index is 14.1. The van der Waals surface area contributed by atoms with Crippen LogP contribution in [0.3, 0.4) is 0 Å². The summed E-state index contributed by atoms with van der Waals surface area (Å²) in [5.74, 6) is -2.29. The molecule has 1 atom stereocenters. The molecule has 1 saturated heterocycles. The van der Waals surface area contributed by atoms with Gasteiger partial charge in [-0.1, -0.05) is 12.1 Å². The molecule has 3 heterocycles. The van der Waals surface area contributed by atoms with E-state index in [9.17, 15) is 19.1 Å². The van der Waals surface area contributed by atoms with E-state index in [4.69, 9.17) is 0 Å². The van der Waals surface area contributed by atoms with Gasteiger partial charge in [-0.15, -0.1) is 0 Å². The monoisotopic (exact) mass is 437 g/mol. The minimum absolute atomic E-state index is 0.0533. The Balaban J connectivity index is 1.79. The number of aromatic nitrogens is 4. The summed E-state index contributed by atoms with van der Waals surface area (Å²) < 4.78 is 17.5. The highest BCUT2D eigenvalue weighted by Gasteiger charge is 2.46. The summed E-state index contributed by atoms with van der Waals surface area (Å²) in [6.45, 7) is 4.35. The van der Waals surface area contributed by atoms with Gasteiger partial charge in [0.25, 0.3) is 11.7 Å². The van der Waals surface area contributed by atoms with Crippen LogP contribution in [0, 0.1) is 19.7 Å². The molecule has 1 amide bonds. The highest BCUT2D eigenvalue weighted by atomic mass is 19.1. The normalized spacial score (nSPS) is 18.0. The summed E-state index contributed by atoms with van der Waals surface area (Å²) in [6, 6.07) is 4.86. The molecule has 0 bridgehead atoms. The van der Waals surface area contributed by atoms with Gasteiger partial charge in [-0.25, -0.2) is 9.37 Å². The SMILES string of the molecule is Cc1nn(C)c(C)c1C(O)=C1C(=O)C(=O)N(CCCn2ccnc2)C1c1cccc(F)c1. The molecule has 1 unspecified atom stereocenters. The van der Waals surface area contributed by atoms with Crippen LogP contribution in [-0.4, -0.2) is 47.6 Å². The quantitative estimate of drug-likeness (QED) is 0.364. The van der Waals surface area contributed by atoms with Crippen LogP contribution in [0.2, 0.25) is 0 Å². The Hall–Kier alpha value is -3.75. The van der Waals surface area contributed by atoms with Crippen LogP contribution in [-0.2, 0) is 23.2 Å². The van der Waals surface area contributed by atoms with E-state index in [0.717, 1.165) is 0 Å². The number of hydrogen-bond acceptors (Lipinski definition) is 5. The first-order valence-corrected chi connectivity index (χ1v) is 10.3. The van der Waals surface area contributed by atoms with E-state index >= 15 is 0 Å². The topological polar surface area (TPSA) is 93.2 Å². The second-order valence-electron chi connectivity index (χ2n) is 7.87. The predicted octanol–water partition coefficient (Wildman–Crippen LogP) is 2.88. The third kappa shape index (κ3) is 3.70. The highest BCUT2D eigenvalue weighted by Crippen LogP contribution is 2.40. The largest absolute Gasteiger partial charge is 0.507 e. The summed E-state index contributed by atoms with van der Waals surface area (Å²) in [4.78, 5) is 31.5. The van der Waals surface area contributed by atoms with Gasteiger partial charge in [0.05, 0.1) is 29.2 Å². The molecule has 3 aromatic rings. The fourth-order valence-corrected chi connectivity index (χ4v) is 4.23. The Morgan fingerprint density at radius 1 is 1.22 bits per heavy atom. The maximum atomic E-state index is 14.1. The average molecular weight is 437 g/mol. The molecule has 9 heteroatoms. The summed E-state index contributed by atoms with van der Waals surface area (Å²) in [5, 5.41) is 15.5. The van der Waals surface area contributed by atoms with Crippen molar-refractivity contribution >= 4 is 17.4 Å². The van der Waals surface area contributed by atoms with Crippen LogP contribution >= 0.6 is 0 Å². The number of carbonyl (C=O) groups excluding carboxylic acids is 2. The second kappa shape index (κ2) is 8.41. The lowest BCUT2D eigenvalue weighted by molar-refractivity contribution is -0.139. The first-order valence-electron chi connectivity index (χ1n) is 10.3. The van der Waals surface area contributed by atoms with E-state index in [-0.39, 0.29) is 17.9 Å². The van der Waals surface area contributed by atoms with Crippen molar-refractivity contribution in [2.24, 2.45) is 7.05 Å². The van der Waals surface area contributed by atoms with E-state index < -0.39 is 23.5 Å². The minimum Gasteiger partial charge on any atom is -0.507 e. The van der Waals surface area contributed by atoms with Crippen molar-refractivity contribution < 1.29 is 19.1 Å². The van der Waals surface area contributed by atoms with Gasteiger partial charge in [-0.2, -0.15) is 5.10 Å². The Morgan fingerprint density at radius 3 is 2.62 bits per heavy atom. The lowest BCUT2D eigenvalue weighted by Crippen LogP contribution is -2.31. The highest BCUT2D eigenvalue weighted by molar-refractivity contribution is 6.46. The lowest BCUT2D eigenvalue weighted by Gasteiger charge is -2.25. The van der Waals surface area contributed by atoms with Gasteiger partial charge < -0.3 is 14.6 Å². The van der Waals surface area contributed by atoms with E-state index in [1.165, 1.54) is 23.1 Å². The van der Waals surface area contributed by atoms with Crippen molar-refractivity contribution in [3.05, 3.63) is 76.9 Å². The lowest BCUT2D eigenvalue weighted by atomic mass is 9.94. The van der Waals surface area contributed by atoms with Crippen molar-refractivity contribution in [3.8, 4) is 0 Å². The van der Waals surface area contributed by atoms with Gasteiger partial charge >= 0.3 is 0 Å². The number of hydrogen-bond donors (Lipinski definition) is 1. The van der Waals surface area contributed by atoms with E-state index in [0.29, 0.717) is 35.5 Å². The van der Waals surface area contributed by atoms with E-state index in [1.807, 2.05) is 10.8 Å². The number of likely N-dealkylation sites (tertiary alicyclic amines) is 1. The molecule has 2 aromatic heterocycles. The Labute approximate surface area is 184 Å². The number of aryl methyl sites for hydroxylation is 3. The molecule has 1 fully saturated rings. The third-order valence-corrected chi connectivity index (χ3v) is 5.82. The molecule has 1 N–H and O–H groups in total. The van der Waals surface area contributed by atoms with Crippen LogP contribution in [0.4, 0.5) is 4.39 Å². The molecular formula is C23H24FN5O3. The number of aliphatic hydroxyl groups is 1. The Morgan fingerprint density at radius 2 is 2.00 bits per heavy atom. The number of ketones is 1. The molecule has 0 aliphatic carbocycles. The van der Waals surface area contributed by atoms with E-state index in [2.05, 4.69) is 10.1 Å². The Bertz CT molecular complexity index is 1210. The van der Waals surface area contributed by atoms with Gasteiger partial charge in [-0.3, -0.25) is 14.3 Å². The first kappa shape index (κ1) is 21.5. The fourth-order valence-electron chi connectivity index (χ4n) is 4.23. The summed E-state index contributed by atoms with van der Waals surface area (Å²) in [5.41, 5.74) is 1.97. The molecule has 4 rings (SSSR count). The van der Waals surface area contributed by atoms with Crippen LogP contribution < -0.4 is 0 Å². The Kier molecular flexibility index (Phi) is 5.65. The van der Waals surface area contributed by atoms with Crippen molar-refractivity contribution in [3.63, 3.8) is 0 Å². The molecular weight excluding hydrogens is 413 g/mol. The average Bonchev–Trinajstić information content (AvgIpc) is 3.42. The molecule has 32 heavy (non-hydrogen) atoms. The van der Waals surface area contributed by atoms with Gasteiger partial charge in [0.1, 0.15) is 11.6 Å². The van der Waals surface area contributed by atoms with Gasteiger partial charge in [-0.05, 0) is 38.0 Å². The zero-order valence-electron chi connectivity index (χ0n) is 18.1. The molecule has 1 aromatic carbocycles. The number of benzene rings is 1. The minimum atomic E-state index is -0.896. The van der Waals surface area contributed by atoms with Crippen LogP contribution in [0.1, 0.15) is 35.0 Å². The number of aliphatic hydroxyl groups excluding tert-OH is 1. The summed E-state index contributed by atoms with van der Waals surface area (Å²) in [7, 11) is 1.73. The van der Waals surface area contributed by atoms with Crippen molar-refractivity contribution in [2.75, 3.05) is 6.54 Å². The van der Waals surface area contributed by atoms with Crippen LogP contribution in [0.5, 0.6) is 0 Å². The molecule has 1 aliphatic heterocycles. The molecule has 1 aliphatic rings. The zero-order chi connectivity index (χ0) is 23.0. The van der Waals surface area contributed by atoms with Gasteiger partial charge in [0, 0.05) is 38.2 Å². The maximum Gasteiger partial charge on any atom is 0.295 e. The number of Topliss-reactive ketones (excluding diaryl/α,β-unsaturated/α-hetero) is 1. The number of nitrogens with zero attached hydrogens (tertiary/aromatic N) is 5. The van der Waals surface area contributed by atoms with Crippen molar-refractivity contribution in [1.29, 1.82) is 0 Å². The predicted molar refractivity (Wildman–Crippen MR) is 115 cm³/mol. The summed E-state index contributed by atoms with van der Waals surface area (Å²) >= 11 is 0. The molecule has 0 radical (unpaired) electrons. The summed E-state index contributed by atoms with van der Waals surface area (Å²) in [6.07, 6.45) is 5.70. The van der Waals surface area contributed by atoms with E-state index in [1.54, 1.807) is 44.2 Å². The van der Waals surface area contributed by atoms with Crippen molar-refractivity contribution in [2.45, 2.75) is 32.9 Å². The number of imidazole rings is 1. The number of halogens is 1. The smallest absolute Gasteiger partial charge is 0.295 e. The zero-order valence-corrected chi connectivity index (χ0v) is 18.1.